The monoisotopic (exact) mass is 172 g/mol. The van der Waals surface area contributed by atoms with Crippen molar-refractivity contribution < 1.29 is 19.1 Å². The Morgan fingerprint density at radius 2 is 1.00 bits per heavy atom. The lowest BCUT2D eigenvalue weighted by Crippen LogP contribution is -2.03. The number of rotatable bonds is 2. The highest BCUT2D eigenvalue weighted by Crippen LogP contribution is 2.06. The normalized spacial score (nSPS) is 11.7. The molecule has 0 radical (unpaired) electrons. The van der Waals surface area contributed by atoms with Gasteiger partial charge in [0.15, 0.2) is 0 Å². The van der Waals surface area contributed by atoms with Gasteiger partial charge in [0.05, 0.1) is 0 Å². The second kappa shape index (κ2) is 4.54. The molecule has 0 fully saturated rings. The van der Waals surface area contributed by atoms with Crippen LogP contribution < -0.4 is 0 Å². The molecular weight excluding hydrogens is 160 g/mol. The summed E-state index contributed by atoms with van der Waals surface area (Å²) in [6, 6.07) is 0. The highest BCUT2D eigenvalue weighted by atomic mass is 16.6. The van der Waals surface area contributed by atoms with Crippen LogP contribution in [0.25, 0.3) is 0 Å². The van der Waals surface area contributed by atoms with Crippen molar-refractivity contribution in [2.75, 3.05) is 0 Å². The summed E-state index contributed by atoms with van der Waals surface area (Å²) in [5.41, 5.74) is 0. The first kappa shape index (κ1) is 10.7. The van der Waals surface area contributed by atoms with Gasteiger partial charge in [-0.05, 0) is 13.8 Å². The van der Waals surface area contributed by atoms with E-state index >= 15 is 0 Å². The van der Waals surface area contributed by atoms with Crippen LogP contribution in [0.2, 0.25) is 0 Å². The molecule has 4 nitrogen and oxygen atoms in total. The Morgan fingerprint density at radius 1 is 0.750 bits per heavy atom. The third-order valence-electron chi connectivity index (χ3n) is 1.09. The molecule has 0 unspecified atom stereocenters. The van der Waals surface area contributed by atoms with Crippen molar-refractivity contribution in [1.82, 2.24) is 0 Å². The van der Waals surface area contributed by atoms with E-state index in [4.69, 9.17) is 0 Å². The molecule has 0 saturated carbocycles. The first-order valence-corrected chi connectivity index (χ1v) is 3.47. The Morgan fingerprint density at radius 3 is 1.17 bits per heavy atom. The minimum atomic E-state index is -0.431. The van der Waals surface area contributed by atoms with Gasteiger partial charge in [-0.2, -0.15) is 0 Å². The Hall–Kier alpha value is -1.32. The van der Waals surface area contributed by atoms with Crippen LogP contribution in [-0.4, -0.2) is 11.9 Å². The highest BCUT2D eigenvalue weighted by Gasteiger charge is 2.04. The lowest BCUT2D eigenvalue weighted by molar-refractivity contribution is -0.140. The molecule has 0 amide bonds. The molecule has 0 spiro atoms. The lowest BCUT2D eigenvalue weighted by atomic mass is 10.4. The van der Waals surface area contributed by atoms with Crippen LogP contribution in [-0.2, 0) is 19.1 Å². The Kier molecular flexibility index (Phi) is 4.04. The number of esters is 2. The van der Waals surface area contributed by atoms with Gasteiger partial charge < -0.3 is 9.47 Å². The first-order valence-electron chi connectivity index (χ1n) is 3.47. The number of hydrogen-bond donors (Lipinski definition) is 0. The van der Waals surface area contributed by atoms with Crippen LogP contribution in [0.5, 0.6) is 0 Å². The van der Waals surface area contributed by atoms with Gasteiger partial charge in [-0.3, -0.25) is 9.59 Å². The largest absolute Gasteiger partial charge is 0.428 e. The van der Waals surface area contributed by atoms with E-state index < -0.39 is 11.9 Å². The molecule has 4 heteroatoms. The third-order valence-corrected chi connectivity index (χ3v) is 1.09. The van der Waals surface area contributed by atoms with Gasteiger partial charge in [-0.15, -0.1) is 0 Å². The summed E-state index contributed by atoms with van der Waals surface area (Å²) in [6.07, 6.45) is 0. The van der Waals surface area contributed by atoms with Crippen LogP contribution in [0.4, 0.5) is 0 Å². The van der Waals surface area contributed by atoms with Crippen LogP contribution in [0.3, 0.4) is 0 Å². The number of allylic oxidation sites excluding steroid dienone is 2. The maximum absolute atomic E-state index is 10.4. The minimum absolute atomic E-state index is 0.303. The van der Waals surface area contributed by atoms with E-state index in [9.17, 15) is 9.59 Å². The predicted molar refractivity (Wildman–Crippen MR) is 41.9 cm³/mol. The molecule has 0 heterocycles. The predicted octanol–water partition coefficient (Wildman–Crippen LogP) is 1.36. The molecule has 12 heavy (non-hydrogen) atoms. The fourth-order valence-corrected chi connectivity index (χ4v) is 0.575. The van der Waals surface area contributed by atoms with E-state index in [1.807, 2.05) is 0 Å². The van der Waals surface area contributed by atoms with Crippen LogP contribution in [0.1, 0.15) is 27.7 Å². The molecule has 68 valence electrons. The van der Waals surface area contributed by atoms with E-state index in [-0.39, 0.29) is 0 Å². The highest BCUT2D eigenvalue weighted by molar-refractivity contribution is 5.68. The van der Waals surface area contributed by atoms with Crippen molar-refractivity contribution in [3.63, 3.8) is 0 Å². The lowest BCUT2D eigenvalue weighted by Gasteiger charge is -2.05. The summed E-state index contributed by atoms with van der Waals surface area (Å²) in [5, 5.41) is 0. The quantitative estimate of drug-likeness (QED) is 0.466. The molecule has 0 aliphatic heterocycles. The molecule has 0 N–H and O–H groups in total. The smallest absolute Gasteiger partial charge is 0.307 e. The van der Waals surface area contributed by atoms with Crippen molar-refractivity contribution in [2.45, 2.75) is 27.7 Å². The number of carbonyl (C=O) groups is 2. The van der Waals surface area contributed by atoms with Crippen LogP contribution in [0.15, 0.2) is 11.5 Å². The average molecular weight is 172 g/mol. The molecule has 0 aromatic carbocycles. The van der Waals surface area contributed by atoms with E-state index in [2.05, 4.69) is 9.47 Å². The van der Waals surface area contributed by atoms with Crippen molar-refractivity contribution >= 4 is 11.9 Å². The molecule has 0 atom stereocenters. The molecule has 0 aromatic rings. The van der Waals surface area contributed by atoms with E-state index in [1.165, 1.54) is 13.8 Å². The Balaban J connectivity index is 4.25. The number of ether oxygens (including phenoxy) is 2. The summed E-state index contributed by atoms with van der Waals surface area (Å²) >= 11 is 0. The summed E-state index contributed by atoms with van der Waals surface area (Å²) < 4.78 is 9.35. The maximum atomic E-state index is 10.4. The van der Waals surface area contributed by atoms with Gasteiger partial charge in [0.2, 0.25) is 0 Å². The summed E-state index contributed by atoms with van der Waals surface area (Å²) in [7, 11) is 0. The molecule has 0 aromatic heterocycles. The van der Waals surface area contributed by atoms with Crippen molar-refractivity contribution in [2.24, 2.45) is 0 Å². The zero-order valence-corrected chi connectivity index (χ0v) is 7.63. The molecule has 0 bridgehead atoms. The summed E-state index contributed by atoms with van der Waals surface area (Å²) in [6.45, 7) is 5.68. The first-order chi connectivity index (χ1) is 5.43. The SMILES string of the molecule is CC(=O)O/C(C)=C(\C)OC(C)=O. The fourth-order valence-electron chi connectivity index (χ4n) is 0.575. The second-order valence-corrected chi connectivity index (χ2v) is 2.30. The van der Waals surface area contributed by atoms with Gasteiger partial charge in [-0.25, -0.2) is 0 Å². The molecule has 0 rings (SSSR count). The van der Waals surface area contributed by atoms with Gasteiger partial charge in [0.25, 0.3) is 0 Å². The average Bonchev–Trinajstić information content (AvgIpc) is 1.84. The van der Waals surface area contributed by atoms with Crippen LogP contribution >= 0.6 is 0 Å². The third kappa shape index (κ3) is 4.49. The molecular formula is C8H12O4. The Bertz CT molecular complexity index is 203. The van der Waals surface area contributed by atoms with E-state index in [1.54, 1.807) is 13.8 Å². The van der Waals surface area contributed by atoms with Gasteiger partial charge in [-0.1, -0.05) is 0 Å². The standard InChI is InChI=1S/C8H12O4/c1-5(11-7(3)9)6(2)12-8(4)10/h1-4H3/b6-5+. The molecule has 0 aliphatic carbocycles. The van der Waals surface area contributed by atoms with Gasteiger partial charge in [0, 0.05) is 13.8 Å². The van der Waals surface area contributed by atoms with Crippen LogP contribution in [0, 0.1) is 0 Å². The number of carbonyl (C=O) groups excluding carboxylic acids is 2. The zero-order chi connectivity index (χ0) is 9.72. The van der Waals surface area contributed by atoms with E-state index in [0.29, 0.717) is 11.5 Å². The number of hydrogen-bond acceptors (Lipinski definition) is 4. The van der Waals surface area contributed by atoms with Gasteiger partial charge >= 0.3 is 11.9 Å². The maximum Gasteiger partial charge on any atom is 0.307 e. The Labute approximate surface area is 71.2 Å². The van der Waals surface area contributed by atoms with E-state index in [0.717, 1.165) is 0 Å². The zero-order valence-electron chi connectivity index (χ0n) is 7.63. The summed E-state index contributed by atoms with van der Waals surface area (Å²) in [5.74, 6) is -0.256. The topological polar surface area (TPSA) is 52.6 Å². The second-order valence-electron chi connectivity index (χ2n) is 2.30. The van der Waals surface area contributed by atoms with Crippen molar-refractivity contribution in [3.05, 3.63) is 11.5 Å². The van der Waals surface area contributed by atoms with Gasteiger partial charge in [0.1, 0.15) is 11.5 Å². The van der Waals surface area contributed by atoms with Crippen molar-refractivity contribution in [1.29, 1.82) is 0 Å². The van der Waals surface area contributed by atoms with Crippen molar-refractivity contribution in [3.8, 4) is 0 Å². The fraction of sp³-hybridized carbons (Fsp3) is 0.500. The minimum Gasteiger partial charge on any atom is -0.428 e. The molecule has 0 saturated heterocycles. The molecule has 0 aliphatic rings. The summed E-state index contributed by atoms with van der Waals surface area (Å²) in [4.78, 5) is 20.9.